The fourth-order valence-corrected chi connectivity index (χ4v) is 2.80. The van der Waals surface area contributed by atoms with Crippen LogP contribution in [-0.2, 0) is 4.74 Å². The summed E-state index contributed by atoms with van der Waals surface area (Å²) in [5.41, 5.74) is 3.62. The first-order valence-electron chi connectivity index (χ1n) is 6.95. The number of hydrogen-bond acceptors (Lipinski definition) is 3. The highest BCUT2D eigenvalue weighted by Gasteiger charge is 2.27. The molecule has 0 amide bonds. The molecular weight excluding hydrogens is 212 g/mol. The second-order valence-corrected chi connectivity index (χ2v) is 6.23. The Balaban J connectivity index is 2.46. The standard InChI is InChI=1S/C14H30N2O/c1-11(10-14(4,5)17-6)15-16-12(2)8-7-9-13(16)3/h11-13,15H,7-10H2,1-6H3. The first-order chi connectivity index (χ1) is 7.85. The summed E-state index contributed by atoms with van der Waals surface area (Å²) in [5, 5.41) is 2.44. The summed E-state index contributed by atoms with van der Waals surface area (Å²) in [6.45, 7) is 11.2. The van der Waals surface area contributed by atoms with Crippen LogP contribution in [0.25, 0.3) is 0 Å². The third-order valence-electron chi connectivity index (χ3n) is 3.91. The molecule has 102 valence electrons. The largest absolute Gasteiger partial charge is 0.379 e. The minimum Gasteiger partial charge on any atom is -0.379 e. The Morgan fingerprint density at radius 1 is 1.29 bits per heavy atom. The van der Waals surface area contributed by atoms with Crippen molar-refractivity contribution in [3.63, 3.8) is 0 Å². The van der Waals surface area contributed by atoms with Gasteiger partial charge in [-0.25, -0.2) is 5.01 Å². The lowest BCUT2D eigenvalue weighted by molar-refractivity contribution is -0.0172. The van der Waals surface area contributed by atoms with Gasteiger partial charge in [-0.2, -0.15) is 0 Å². The summed E-state index contributed by atoms with van der Waals surface area (Å²) in [6, 6.07) is 1.74. The molecule has 0 radical (unpaired) electrons. The molecule has 0 saturated carbocycles. The van der Waals surface area contributed by atoms with Crippen molar-refractivity contribution < 1.29 is 4.74 Å². The van der Waals surface area contributed by atoms with E-state index in [1.165, 1.54) is 19.3 Å². The van der Waals surface area contributed by atoms with Crippen LogP contribution in [0.5, 0.6) is 0 Å². The Labute approximate surface area is 107 Å². The fraction of sp³-hybridized carbons (Fsp3) is 1.00. The molecule has 0 spiro atoms. The number of piperidine rings is 1. The molecule has 17 heavy (non-hydrogen) atoms. The van der Waals surface area contributed by atoms with Gasteiger partial charge in [0.15, 0.2) is 0 Å². The maximum Gasteiger partial charge on any atom is 0.0638 e. The number of hydrogen-bond donors (Lipinski definition) is 1. The van der Waals surface area contributed by atoms with Gasteiger partial charge in [-0.05, 0) is 53.9 Å². The van der Waals surface area contributed by atoms with Crippen molar-refractivity contribution >= 4 is 0 Å². The van der Waals surface area contributed by atoms with E-state index in [4.69, 9.17) is 4.74 Å². The number of rotatable bonds is 5. The van der Waals surface area contributed by atoms with Crippen LogP contribution in [-0.4, -0.2) is 35.8 Å². The average Bonchev–Trinajstić information content (AvgIpc) is 2.23. The molecule has 0 aromatic carbocycles. The zero-order valence-corrected chi connectivity index (χ0v) is 12.4. The highest BCUT2D eigenvalue weighted by Crippen LogP contribution is 2.22. The maximum atomic E-state index is 5.49. The number of nitrogens with one attached hydrogen (secondary N) is 1. The van der Waals surface area contributed by atoms with E-state index in [1.54, 1.807) is 7.11 Å². The van der Waals surface area contributed by atoms with E-state index in [9.17, 15) is 0 Å². The van der Waals surface area contributed by atoms with Crippen LogP contribution in [0, 0.1) is 0 Å². The van der Waals surface area contributed by atoms with Crippen LogP contribution >= 0.6 is 0 Å². The van der Waals surface area contributed by atoms with E-state index < -0.39 is 0 Å². The summed E-state index contributed by atoms with van der Waals surface area (Å²) < 4.78 is 5.49. The molecule has 1 N–H and O–H groups in total. The topological polar surface area (TPSA) is 24.5 Å². The predicted molar refractivity (Wildman–Crippen MR) is 72.9 cm³/mol. The van der Waals surface area contributed by atoms with Crippen molar-refractivity contribution in [3.8, 4) is 0 Å². The normalized spacial score (nSPS) is 29.3. The van der Waals surface area contributed by atoms with Gasteiger partial charge in [-0.15, -0.1) is 0 Å². The summed E-state index contributed by atoms with van der Waals surface area (Å²) >= 11 is 0. The minimum atomic E-state index is -0.0469. The van der Waals surface area contributed by atoms with E-state index >= 15 is 0 Å². The molecule has 1 rings (SSSR count). The van der Waals surface area contributed by atoms with Gasteiger partial charge in [0.25, 0.3) is 0 Å². The number of nitrogens with zero attached hydrogens (tertiary/aromatic N) is 1. The second-order valence-electron chi connectivity index (χ2n) is 6.23. The van der Waals surface area contributed by atoms with Crippen molar-refractivity contribution in [2.75, 3.05) is 7.11 Å². The van der Waals surface area contributed by atoms with Gasteiger partial charge in [-0.3, -0.25) is 5.43 Å². The lowest BCUT2D eigenvalue weighted by Gasteiger charge is -2.41. The molecule has 1 aliphatic rings. The smallest absolute Gasteiger partial charge is 0.0638 e. The number of methoxy groups -OCH3 is 1. The molecule has 1 fully saturated rings. The molecule has 0 aromatic heterocycles. The maximum absolute atomic E-state index is 5.49. The molecule has 0 aliphatic carbocycles. The van der Waals surface area contributed by atoms with Gasteiger partial charge in [0.1, 0.15) is 0 Å². The minimum absolute atomic E-state index is 0.0469. The third-order valence-corrected chi connectivity index (χ3v) is 3.91. The lowest BCUT2D eigenvalue weighted by Crippen LogP contribution is -2.55. The van der Waals surface area contributed by atoms with Crippen molar-refractivity contribution in [2.45, 2.75) is 84.0 Å². The zero-order chi connectivity index (χ0) is 13.1. The Bertz CT molecular complexity index is 220. The molecule has 3 nitrogen and oxygen atoms in total. The van der Waals surface area contributed by atoms with Crippen LogP contribution in [0.4, 0.5) is 0 Å². The summed E-state index contributed by atoms with van der Waals surface area (Å²) in [5.74, 6) is 0. The first kappa shape index (κ1) is 14.9. The molecule has 3 atom stereocenters. The van der Waals surface area contributed by atoms with Crippen molar-refractivity contribution in [1.29, 1.82) is 0 Å². The first-order valence-corrected chi connectivity index (χ1v) is 6.95. The molecule has 3 unspecified atom stereocenters. The quantitative estimate of drug-likeness (QED) is 0.802. The van der Waals surface area contributed by atoms with Crippen LogP contribution in [0.15, 0.2) is 0 Å². The molecule has 1 aliphatic heterocycles. The Kier molecular flexibility index (Phi) is 5.42. The summed E-state index contributed by atoms with van der Waals surface area (Å²) in [7, 11) is 1.79. The van der Waals surface area contributed by atoms with Gasteiger partial charge in [-0.1, -0.05) is 6.42 Å². The fourth-order valence-electron chi connectivity index (χ4n) is 2.80. The highest BCUT2D eigenvalue weighted by molar-refractivity contribution is 4.80. The van der Waals surface area contributed by atoms with E-state index in [1.807, 2.05) is 0 Å². The van der Waals surface area contributed by atoms with E-state index in [0.29, 0.717) is 18.1 Å². The number of hydrazine groups is 1. The van der Waals surface area contributed by atoms with E-state index in [-0.39, 0.29) is 5.60 Å². The van der Waals surface area contributed by atoms with Crippen LogP contribution in [0.2, 0.25) is 0 Å². The monoisotopic (exact) mass is 242 g/mol. The third kappa shape index (κ3) is 4.57. The van der Waals surface area contributed by atoms with Crippen LogP contribution in [0.3, 0.4) is 0 Å². The molecule has 0 bridgehead atoms. The predicted octanol–water partition coefficient (Wildman–Crippen LogP) is 2.96. The molecule has 1 saturated heterocycles. The van der Waals surface area contributed by atoms with E-state index in [0.717, 1.165) is 6.42 Å². The van der Waals surface area contributed by atoms with Crippen molar-refractivity contribution in [3.05, 3.63) is 0 Å². The molecule has 0 aromatic rings. The Morgan fingerprint density at radius 2 is 1.82 bits per heavy atom. The van der Waals surface area contributed by atoms with E-state index in [2.05, 4.69) is 45.1 Å². The molecule has 3 heteroatoms. The highest BCUT2D eigenvalue weighted by atomic mass is 16.5. The zero-order valence-electron chi connectivity index (χ0n) is 12.4. The van der Waals surface area contributed by atoms with Crippen molar-refractivity contribution in [1.82, 2.24) is 10.4 Å². The summed E-state index contributed by atoms with van der Waals surface area (Å²) in [4.78, 5) is 0. The molecule has 1 heterocycles. The average molecular weight is 242 g/mol. The van der Waals surface area contributed by atoms with Gasteiger partial charge in [0.05, 0.1) is 5.60 Å². The Hall–Kier alpha value is -0.120. The van der Waals surface area contributed by atoms with Gasteiger partial charge in [0.2, 0.25) is 0 Å². The number of ether oxygens (including phenoxy) is 1. The summed E-state index contributed by atoms with van der Waals surface area (Å²) in [6.07, 6.45) is 4.99. The second kappa shape index (κ2) is 6.17. The van der Waals surface area contributed by atoms with Gasteiger partial charge < -0.3 is 4.74 Å². The van der Waals surface area contributed by atoms with Crippen LogP contribution in [0.1, 0.15) is 60.3 Å². The van der Waals surface area contributed by atoms with Gasteiger partial charge >= 0.3 is 0 Å². The van der Waals surface area contributed by atoms with Gasteiger partial charge in [0, 0.05) is 25.2 Å². The SMILES string of the molecule is COC(C)(C)CC(C)NN1C(C)CCCC1C. The van der Waals surface area contributed by atoms with Crippen LogP contribution < -0.4 is 5.43 Å². The lowest BCUT2D eigenvalue weighted by atomic mass is 9.98. The molecular formula is C14H30N2O. The van der Waals surface area contributed by atoms with Crippen molar-refractivity contribution in [2.24, 2.45) is 0 Å². The Morgan fingerprint density at radius 3 is 2.29 bits per heavy atom.